The normalized spacial score (nSPS) is 15.3. The lowest BCUT2D eigenvalue weighted by atomic mass is 10.0. The number of aromatic nitrogens is 2. The van der Waals surface area contributed by atoms with Crippen molar-refractivity contribution < 1.29 is 14.3 Å². The van der Waals surface area contributed by atoms with Gasteiger partial charge in [-0.05, 0) is 58.7 Å². The summed E-state index contributed by atoms with van der Waals surface area (Å²) < 4.78 is 7.11. The summed E-state index contributed by atoms with van der Waals surface area (Å²) in [6.45, 7) is 8.52. The fraction of sp³-hybridized carbons (Fsp3) is 0.476. The molecule has 156 valence electrons. The van der Waals surface area contributed by atoms with Gasteiger partial charge in [-0.1, -0.05) is 17.7 Å². The third-order valence-electron chi connectivity index (χ3n) is 4.79. The van der Waals surface area contributed by atoms with Crippen LogP contribution in [0.1, 0.15) is 49.7 Å². The number of nitrogens with zero attached hydrogens (tertiary/aromatic N) is 3. The van der Waals surface area contributed by atoms with Crippen LogP contribution in [-0.2, 0) is 4.74 Å². The quantitative estimate of drug-likeness (QED) is 0.818. The van der Waals surface area contributed by atoms with Gasteiger partial charge in [0, 0.05) is 24.2 Å². The van der Waals surface area contributed by atoms with E-state index in [2.05, 4.69) is 10.4 Å². The Morgan fingerprint density at radius 1 is 1.24 bits per heavy atom. The standard InChI is InChI=1S/C21H27ClN4O3/c1-14-18(13-23-26(14)17-7-5-6-15(22)12-17)19(27)24-16-8-10-25(11-9-16)20(28)29-21(2,3)4/h5-7,12-13,16H,8-11H2,1-4H3,(H,24,27). The SMILES string of the molecule is Cc1c(C(=O)NC2CCN(C(=O)OC(C)(C)C)CC2)cnn1-c1cccc(Cl)c1. The van der Waals surface area contributed by atoms with E-state index in [4.69, 9.17) is 16.3 Å². The molecule has 0 aliphatic carbocycles. The predicted molar refractivity (Wildman–Crippen MR) is 112 cm³/mol. The average Bonchev–Trinajstić information content (AvgIpc) is 3.02. The first-order valence-corrected chi connectivity index (χ1v) is 10.1. The summed E-state index contributed by atoms with van der Waals surface area (Å²) in [5.41, 5.74) is 1.57. The Hall–Kier alpha value is -2.54. The Morgan fingerprint density at radius 3 is 2.55 bits per heavy atom. The third-order valence-corrected chi connectivity index (χ3v) is 5.02. The number of amides is 2. The molecule has 1 fully saturated rings. The van der Waals surface area contributed by atoms with Gasteiger partial charge in [0.25, 0.3) is 5.91 Å². The van der Waals surface area contributed by atoms with Gasteiger partial charge in [-0.15, -0.1) is 0 Å². The van der Waals surface area contributed by atoms with Crippen LogP contribution in [0.15, 0.2) is 30.5 Å². The molecule has 0 saturated carbocycles. The number of piperidine rings is 1. The fourth-order valence-corrected chi connectivity index (χ4v) is 3.48. The summed E-state index contributed by atoms with van der Waals surface area (Å²) in [6.07, 6.45) is 2.64. The minimum Gasteiger partial charge on any atom is -0.444 e. The smallest absolute Gasteiger partial charge is 0.410 e. The largest absolute Gasteiger partial charge is 0.444 e. The molecule has 1 saturated heterocycles. The van der Waals surface area contributed by atoms with E-state index in [1.54, 1.807) is 27.9 Å². The number of ether oxygens (including phenoxy) is 1. The van der Waals surface area contributed by atoms with Crippen LogP contribution in [0.2, 0.25) is 5.02 Å². The first-order chi connectivity index (χ1) is 13.6. The Bertz CT molecular complexity index is 896. The summed E-state index contributed by atoms with van der Waals surface area (Å²) in [5, 5.41) is 8.01. The number of likely N-dealkylation sites (tertiary alicyclic amines) is 1. The summed E-state index contributed by atoms with van der Waals surface area (Å²) in [7, 11) is 0. The van der Waals surface area contributed by atoms with Gasteiger partial charge in [-0.25, -0.2) is 9.48 Å². The molecule has 0 spiro atoms. The summed E-state index contributed by atoms with van der Waals surface area (Å²) in [4.78, 5) is 26.6. The van der Waals surface area contributed by atoms with Gasteiger partial charge in [0.15, 0.2) is 0 Å². The highest BCUT2D eigenvalue weighted by molar-refractivity contribution is 6.30. The monoisotopic (exact) mass is 418 g/mol. The molecule has 2 heterocycles. The molecule has 1 aliphatic rings. The van der Waals surface area contributed by atoms with Crippen molar-refractivity contribution in [2.24, 2.45) is 0 Å². The van der Waals surface area contributed by atoms with Gasteiger partial charge >= 0.3 is 6.09 Å². The van der Waals surface area contributed by atoms with Crippen molar-refractivity contribution in [3.05, 3.63) is 46.7 Å². The molecule has 2 amide bonds. The van der Waals surface area contributed by atoms with Crippen molar-refractivity contribution in [3.8, 4) is 5.69 Å². The molecule has 0 radical (unpaired) electrons. The molecular weight excluding hydrogens is 392 g/mol. The second-order valence-corrected chi connectivity index (χ2v) is 8.69. The highest BCUT2D eigenvalue weighted by atomic mass is 35.5. The lowest BCUT2D eigenvalue weighted by Crippen LogP contribution is -2.47. The molecular formula is C21H27ClN4O3. The lowest BCUT2D eigenvalue weighted by molar-refractivity contribution is 0.0199. The van der Waals surface area contributed by atoms with E-state index < -0.39 is 5.60 Å². The van der Waals surface area contributed by atoms with Crippen molar-refractivity contribution in [2.45, 2.75) is 52.2 Å². The first kappa shape index (κ1) is 21.2. The van der Waals surface area contributed by atoms with Gasteiger partial charge in [0.1, 0.15) is 5.60 Å². The minimum absolute atomic E-state index is 0.00936. The Morgan fingerprint density at radius 2 is 1.93 bits per heavy atom. The number of hydrogen-bond donors (Lipinski definition) is 1. The van der Waals surface area contributed by atoms with Crippen LogP contribution < -0.4 is 5.32 Å². The minimum atomic E-state index is -0.511. The van der Waals surface area contributed by atoms with Crippen LogP contribution in [0.3, 0.4) is 0 Å². The van der Waals surface area contributed by atoms with Crippen molar-refractivity contribution in [1.29, 1.82) is 0 Å². The number of nitrogens with one attached hydrogen (secondary N) is 1. The molecule has 0 atom stereocenters. The molecule has 0 unspecified atom stereocenters. The van der Waals surface area contributed by atoms with Crippen molar-refractivity contribution in [1.82, 2.24) is 20.0 Å². The molecule has 1 aromatic carbocycles. The van der Waals surface area contributed by atoms with Crippen LogP contribution in [-0.4, -0.2) is 51.4 Å². The van der Waals surface area contributed by atoms with Crippen LogP contribution in [0, 0.1) is 6.92 Å². The van der Waals surface area contributed by atoms with Gasteiger partial charge < -0.3 is 15.0 Å². The van der Waals surface area contributed by atoms with E-state index in [0.29, 0.717) is 36.5 Å². The zero-order valence-corrected chi connectivity index (χ0v) is 18.0. The molecule has 1 N–H and O–H groups in total. The molecule has 2 aromatic rings. The van der Waals surface area contributed by atoms with E-state index in [9.17, 15) is 9.59 Å². The number of hydrogen-bond acceptors (Lipinski definition) is 4. The number of halogens is 1. The topological polar surface area (TPSA) is 76.5 Å². The second kappa shape index (κ2) is 8.45. The molecule has 1 aromatic heterocycles. The Kier molecular flexibility index (Phi) is 6.17. The van der Waals surface area contributed by atoms with Gasteiger partial charge in [0.2, 0.25) is 0 Å². The van der Waals surface area contributed by atoms with Crippen molar-refractivity contribution >= 4 is 23.6 Å². The van der Waals surface area contributed by atoms with Crippen LogP contribution in [0.4, 0.5) is 4.79 Å². The predicted octanol–water partition coefficient (Wildman–Crippen LogP) is 3.96. The van der Waals surface area contributed by atoms with E-state index in [0.717, 1.165) is 11.4 Å². The van der Waals surface area contributed by atoms with E-state index in [1.807, 2.05) is 39.8 Å². The zero-order valence-electron chi connectivity index (χ0n) is 17.2. The maximum atomic E-state index is 12.8. The van der Waals surface area contributed by atoms with Crippen LogP contribution in [0.5, 0.6) is 0 Å². The van der Waals surface area contributed by atoms with Gasteiger partial charge in [-0.2, -0.15) is 5.10 Å². The van der Waals surface area contributed by atoms with Crippen LogP contribution >= 0.6 is 11.6 Å². The molecule has 0 bridgehead atoms. The average molecular weight is 419 g/mol. The summed E-state index contributed by atoms with van der Waals surface area (Å²) >= 11 is 6.06. The lowest BCUT2D eigenvalue weighted by Gasteiger charge is -2.33. The maximum absolute atomic E-state index is 12.8. The zero-order chi connectivity index (χ0) is 21.2. The number of rotatable bonds is 3. The number of carbonyl (C=O) groups is 2. The molecule has 29 heavy (non-hydrogen) atoms. The van der Waals surface area contributed by atoms with E-state index in [1.165, 1.54) is 0 Å². The second-order valence-electron chi connectivity index (χ2n) is 8.25. The molecule has 7 nitrogen and oxygen atoms in total. The maximum Gasteiger partial charge on any atom is 0.410 e. The third kappa shape index (κ3) is 5.29. The van der Waals surface area contributed by atoms with E-state index in [-0.39, 0.29) is 18.0 Å². The highest BCUT2D eigenvalue weighted by Gasteiger charge is 2.28. The Labute approximate surface area is 176 Å². The summed E-state index contributed by atoms with van der Waals surface area (Å²) in [6, 6.07) is 7.34. The molecule has 1 aliphatic heterocycles. The number of benzene rings is 1. The first-order valence-electron chi connectivity index (χ1n) is 9.73. The fourth-order valence-electron chi connectivity index (χ4n) is 3.30. The number of carbonyl (C=O) groups excluding carboxylic acids is 2. The highest BCUT2D eigenvalue weighted by Crippen LogP contribution is 2.19. The van der Waals surface area contributed by atoms with E-state index >= 15 is 0 Å². The molecule has 8 heteroatoms. The molecule has 3 rings (SSSR count). The van der Waals surface area contributed by atoms with Crippen molar-refractivity contribution in [2.75, 3.05) is 13.1 Å². The summed E-state index contributed by atoms with van der Waals surface area (Å²) in [5.74, 6) is -0.161. The van der Waals surface area contributed by atoms with Gasteiger partial charge in [0.05, 0.1) is 23.1 Å². The Balaban J connectivity index is 1.59. The van der Waals surface area contributed by atoms with Crippen molar-refractivity contribution in [3.63, 3.8) is 0 Å². The van der Waals surface area contributed by atoms with Gasteiger partial charge in [-0.3, -0.25) is 4.79 Å². The van der Waals surface area contributed by atoms with Crippen LogP contribution in [0.25, 0.3) is 5.69 Å².